The highest BCUT2D eigenvalue weighted by Gasteiger charge is 2.48. The second-order valence-electron chi connectivity index (χ2n) is 4.11. The first-order valence-corrected chi connectivity index (χ1v) is 5.19. The van der Waals surface area contributed by atoms with Crippen LogP contribution in [-0.4, -0.2) is 50.5 Å². The molecule has 1 saturated carbocycles. The highest BCUT2D eigenvalue weighted by atomic mass is 16.5. The third-order valence-electron chi connectivity index (χ3n) is 3.15. The van der Waals surface area contributed by atoms with Crippen molar-refractivity contribution < 1.29 is 9.47 Å². The van der Waals surface area contributed by atoms with Crippen molar-refractivity contribution in [2.24, 2.45) is 0 Å². The summed E-state index contributed by atoms with van der Waals surface area (Å²) in [4.78, 5) is 2.56. The maximum atomic E-state index is 5.60. The van der Waals surface area contributed by atoms with Crippen LogP contribution in [0.5, 0.6) is 0 Å². The minimum absolute atomic E-state index is 0.412. The van der Waals surface area contributed by atoms with Crippen molar-refractivity contribution in [2.75, 3.05) is 40.0 Å². The maximum Gasteiger partial charge on any atom is 0.0650 e. The van der Waals surface area contributed by atoms with E-state index in [2.05, 4.69) is 4.90 Å². The Balaban J connectivity index is 1.89. The molecule has 1 spiro atoms. The monoisotopic (exact) mass is 185 g/mol. The Kier molecular flexibility index (Phi) is 2.86. The van der Waals surface area contributed by atoms with E-state index in [4.69, 9.17) is 9.47 Å². The van der Waals surface area contributed by atoms with E-state index in [0.29, 0.717) is 5.54 Å². The third kappa shape index (κ3) is 2.03. The zero-order valence-electron chi connectivity index (χ0n) is 8.42. The smallest absolute Gasteiger partial charge is 0.0650 e. The van der Waals surface area contributed by atoms with Crippen molar-refractivity contribution in [1.29, 1.82) is 0 Å². The Morgan fingerprint density at radius 2 is 2.31 bits per heavy atom. The molecule has 2 fully saturated rings. The van der Waals surface area contributed by atoms with Gasteiger partial charge in [-0.3, -0.25) is 4.90 Å². The summed E-state index contributed by atoms with van der Waals surface area (Å²) in [6, 6.07) is 0. The lowest BCUT2D eigenvalue weighted by Gasteiger charge is -2.28. The second kappa shape index (κ2) is 3.95. The Morgan fingerprint density at radius 3 is 3.00 bits per heavy atom. The van der Waals surface area contributed by atoms with Crippen LogP contribution in [0.25, 0.3) is 0 Å². The minimum Gasteiger partial charge on any atom is -0.383 e. The normalized spacial score (nSPS) is 27.5. The van der Waals surface area contributed by atoms with Gasteiger partial charge in [0.2, 0.25) is 0 Å². The molecular formula is C10H19NO2. The SMILES string of the molecule is COCCN1CCCOCC12CC2. The summed E-state index contributed by atoms with van der Waals surface area (Å²) in [5.74, 6) is 0. The van der Waals surface area contributed by atoms with E-state index in [9.17, 15) is 0 Å². The molecule has 0 radical (unpaired) electrons. The number of methoxy groups -OCH3 is 1. The van der Waals surface area contributed by atoms with E-state index >= 15 is 0 Å². The summed E-state index contributed by atoms with van der Waals surface area (Å²) in [5, 5.41) is 0. The molecule has 76 valence electrons. The highest BCUT2D eigenvalue weighted by molar-refractivity contribution is 5.04. The van der Waals surface area contributed by atoms with Crippen molar-refractivity contribution in [3.05, 3.63) is 0 Å². The van der Waals surface area contributed by atoms with Crippen LogP contribution in [0.2, 0.25) is 0 Å². The van der Waals surface area contributed by atoms with Gasteiger partial charge in [0, 0.05) is 32.3 Å². The van der Waals surface area contributed by atoms with E-state index in [1.807, 2.05) is 0 Å². The number of hydrogen-bond donors (Lipinski definition) is 0. The van der Waals surface area contributed by atoms with Gasteiger partial charge in [-0.05, 0) is 19.3 Å². The third-order valence-corrected chi connectivity index (χ3v) is 3.15. The molecule has 2 aliphatic rings. The summed E-state index contributed by atoms with van der Waals surface area (Å²) < 4.78 is 10.7. The molecule has 1 aliphatic heterocycles. The molecule has 0 amide bonds. The molecule has 3 heteroatoms. The highest BCUT2D eigenvalue weighted by Crippen LogP contribution is 2.42. The molecule has 0 aromatic heterocycles. The van der Waals surface area contributed by atoms with Gasteiger partial charge in [0.1, 0.15) is 0 Å². The van der Waals surface area contributed by atoms with Crippen molar-refractivity contribution in [2.45, 2.75) is 24.8 Å². The first-order chi connectivity index (χ1) is 6.37. The largest absolute Gasteiger partial charge is 0.383 e. The summed E-state index contributed by atoms with van der Waals surface area (Å²) in [5.41, 5.74) is 0.412. The quantitative estimate of drug-likeness (QED) is 0.651. The fourth-order valence-corrected chi connectivity index (χ4v) is 2.10. The van der Waals surface area contributed by atoms with E-state index in [0.717, 1.165) is 26.4 Å². The van der Waals surface area contributed by atoms with E-state index in [-0.39, 0.29) is 0 Å². The van der Waals surface area contributed by atoms with Crippen molar-refractivity contribution in [3.8, 4) is 0 Å². The van der Waals surface area contributed by atoms with Crippen LogP contribution in [0, 0.1) is 0 Å². The Bertz CT molecular complexity index is 168. The molecule has 13 heavy (non-hydrogen) atoms. The average Bonchev–Trinajstić information content (AvgIpc) is 2.93. The van der Waals surface area contributed by atoms with Crippen molar-refractivity contribution >= 4 is 0 Å². The van der Waals surface area contributed by atoms with Crippen molar-refractivity contribution in [1.82, 2.24) is 4.90 Å². The van der Waals surface area contributed by atoms with Gasteiger partial charge in [-0.2, -0.15) is 0 Å². The van der Waals surface area contributed by atoms with Gasteiger partial charge in [-0.15, -0.1) is 0 Å². The fourth-order valence-electron chi connectivity index (χ4n) is 2.10. The van der Waals surface area contributed by atoms with Crippen LogP contribution in [0.1, 0.15) is 19.3 Å². The molecule has 1 heterocycles. The zero-order valence-corrected chi connectivity index (χ0v) is 8.42. The van der Waals surface area contributed by atoms with Gasteiger partial charge >= 0.3 is 0 Å². The number of ether oxygens (including phenoxy) is 2. The van der Waals surface area contributed by atoms with Crippen LogP contribution in [0.15, 0.2) is 0 Å². The number of nitrogens with zero attached hydrogens (tertiary/aromatic N) is 1. The van der Waals surface area contributed by atoms with Gasteiger partial charge in [-0.1, -0.05) is 0 Å². The summed E-state index contributed by atoms with van der Waals surface area (Å²) in [6.07, 6.45) is 3.80. The first-order valence-electron chi connectivity index (χ1n) is 5.19. The molecule has 3 nitrogen and oxygen atoms in total. The molecule has 0 aromatic carbocycles. The Morgan fingerprint density at radius 1 is 1.46 bits per heavy atom. The molecule has 0 bridgehead atoms. The lowest BCUT2D eigenvalue weighted by molar-refractivity contribution is 0.0701. The standard InChI is InChI=1S/C10H19NO2/c1-12-8-6-11-5-2-7-13-9-10(11)3-4-10/h2-9H2,1H3. The van der Waals surface area contributed by atoms with E-state index in [1.54, 1.807) is 7.11 Å². The second-order valence-corrected chi connectivity index (χ2v) is 4.11. The molecule has 2 rings (SSSR count). The lowest BCUT2D eigenvalue weighted by atomic mass is 10.2. The van der Waals surface area contributed by atoms with Crippen LogP contribution >= 0.6 is 0 Å². The van der Waals surface area contributed by atoms with Gasteiger partial charge < -0.3 is 9.47 Å². The molecule has 0 N–H and O–H groups in total. The Hall–Kier alpha value is -0.120. The average molecular weight is 185 g/mol. The van der Waals surface area contributed by atoms with Crippen LogP contribution < -0.4 is 0 Å². The molecule has 0 unspecified atom stereocenters. The van der Waals surface area contributed by atoms with Gasteiger partial charge in [0.25, 0.3) is 0 Å². The fraction of sp³-hybridized carbons (Fsp3) is 1.00. The van der Waals surface area contributed by atoms with Gasteiger partial charge in [0.15, 0.2) is 0 Å². The van der Waals surface area contributed by atoms with Gasteiger partial charge in [0.05, 0.1) is 13.2 Å². The number of hydrogen-bond acceptors (Lipinski definition) is 3. The molecule has 1 aliphatic carbocycles. The molecular weight excluding hydrogens is 166 g/mol. The van der Waals surface area contributed by atoms with Crippen molar-refractivity contribution in [3.63, 3.8) is 0 Å². The lowest BCUT2D eigenvalue weighted by Crippen LogP contribution is -2.41. The predicted octanol–water partition coefficient (Wildman–Crippen LogP) is 0.888. The zero-order chi connectivity index (χ0) is 9.15. The van der Waals surface area contributed by atoms with Crippen LogP contribution in [-0.2, 0) is 9.47 Å². The van der Waals surface area contributed by atoms with Crippen LogP contribution in [0.4, 0.5) is 0 Å². The molecule has 0 aromatic rings. The maximum absolute atomic E-state index is 5.60. The van der Waals surface area contributed by atoms with Gasteiger partial charge in [-0.25, -0.2) is 0 Å². The first kappa shape index (κ1) is 9.44. The Labute approximate surface area is 80.0 Å². The van der Waals surface area contributed by atoms with E-state index in [1.165, 1.54) is 25.8 Å². The number of rotatable bonds is 3. The predicted molar refractivity (Wildman–Crippen MR) is 50.9 cm³/mol. The topological polar surface area (TPSA) is 21.7 Å². The van der Waals surface area contributed by atoms with Crippen LogP contribution in [0.3, 0.4) is 0 Å². The molecule has 1 saturated heterocycles. The summed E-state index contributed by atoms with van der Waals surface area (Å²) in [7, 11) is 1.77. The van der Waals surface area contributed by atoms with E-state index < -0.39 is 0 Å². The summed E-state index contributed by atoms with van der Waals surface area (Å²) in [6.45, 7) is 4.98. The summed E-state index contributed by atoms with van der Waals surface area (Å²) >= 11 is 0. The molecule has 0 atom stereocenters. The minimum atomic E-state index is 0.412.